The Morgan fingerprint density at radius 3 is 2.44 bits per heavy atom. The van der Waals surface area contributed by atoms with Crippen LogP contribution in [0.1, 0.15) is 23.4 Å². The zero-order chi connectivity index (χ0) is 17.8. The smallest absolute Gasteiger partial charge is 0.313 e. The molecule has 0 spiro atoms. The number of aliphatic carboxylic acids is 1. The van der Waals surface area contributed by atoms with E-state index in [1.165, 1.54) is 18.1 Å². The van der Waals surface area contributed by atoms with Crippen molar-refractivity contribution >= 4 is 17.8 Å². The number of carbonyl (C=O) groups excluding carboxylic acids is 2. The maximum atomic E-state index is 12.6. The minimum atomic E-state index is -1.09. The van der Waals surface area contributed by atoms with Crippen molar-refractivity contribution in [3.05, 3.63) is 17.9 Å². The molecule has 25 heavy (non-hydrogen) atoms. The molecule has 2 saturated heterocycles. The van der Waals surface area contributed by atoms with Crippen molar-refractivity contribution in [2.75, 3.05) is 33.3 Å². The summed E-state index contributed by atoms with van der Waals surface area (Å²) >= 11 is 0. The number of carboxylic acids is 1. The number of nitrogens with zero attached hydrogens (tertiary/aromatic N) is 2. The average Bonchev–Trinajstić information content (AvgIpc) is 3.06. The normalized spacial score (nSPS) is 28.1. The zero-order valence-corrected chi connectivity index (χ0v) is 13.9. The summed E-state index contributed by atoms with van der Waals surface area (Å²) in [6, 6.07) is 3.07. The third-order valence-electron chi connectivity index (χ3n) is 5.55. The first kappa shape index (κ1) is 16.0. The van der Waals surface area contributed by atoms with Gasteiger partial charge in [-0.3, -0.25) is 14.4 Å². The van der Waals surface area contributed by atoms with Crippen LogP contribution in [0.15, 0.2) is 16.5 Å². The van der Waals surface area contributed by atoms with Gasteiger partial charge < -0.3 is 24.1 Å². The van der Waals surface area contributed by atoms with Gasteiger partial charge >= 0.3 is 5.97 Å². The molecule has 8 heteroatoms. The molecule has 3 fully saturated rings. The molecule has 0 bridgehead atoms. The molecule has 0 unspecified atom stereocenters. The zero-order valence-electron chi connectivity index (χ0n) is 13.9. The molecule has 1 saturated carbocycles. The van der Waals surface area contributed by atoms with Crippen molar-refractivity contribution in [3.63, 3.8) is 0 Å². The van der Waals surface area contributed by atoms with Crippen LogP contribution in [0.4, 0.5) is 0 Å². The fourth-order valence-corrected chi connectivity index (χ4v) is 3.98. The van der Waals surface area contributed by atoms with Gasteiger partial charge in [-0.15, -0.1) is 0 Å². The number of ether oxygens (including phenoxy) is 1. The Hall–Kier alpha value is -2.51. The lowest BCUT2D eigenvalue weighted by Crippen LogP contribution is -2.43. The summed E-state index contributed by atoms with van der Waals surface area (Å²) in [5, 5.41) is 9.82. The predicted molar refractivity (Wildman–Crippen MR) is 84.0 cm³/mol. The number of carboxylic acid groups (broad SMARTS) is 1. The summed E-state index contributed by atoms with van der Waals surface area (Å²) in [6.07, 6.45) is 1.79. The largest absolute Gasteiger partial charge is 0.481 e. The molecule has 3 heterocycles. The van der Waals surface area contributed by atoms with Crippen LogP contribution in [0.25, 0.3) is 0 Å². The van der Waals surface area contributed by atoms with Gasteiger partial charge in [-0.2, -0.15) is 0 Å². The third kappa shape index (κ3) is 2.47. The summed E-state index contributed by atoms with van der Waals surface area (Å²) in [6.45, 7) is 0.965. The van der Waals surface area contributed by atoms with Gasteiger partial charge in [-0.1, -0.05) is 0 Å². The summed E-state index contributed by atoms with van der Waals surface area (Å²) in [7, 11) is 1.44. The highest BCUT2D eigenvalue weighted by molar-refractivity contribution is 5.93. The Labute approximate surface area is 144 Å². The van der Waals surface area contributed by atoms with Crippen LogP contribution in [-0.4, -0.2) is 66.0 Å². The van der Waals surface area contributed by atoms with Crippen molar-refractivity contribution in [1.29, 1.82) is 0 Å². The van der Waals surface area contributed by atoms with Gasteiger partial charge in [0.15, 0.2) is 5.76 Å². The number of methoxy groups -OCH3 is 1. The van der Waals surface area contributed by atoms with Crippen LogP contribution in [0, 0.1) is 17.3 Å². The topological polar surface area (TPSA) is 100 Å². The van der Waals surface area contributed by atoms with Gasteiger partial charge in [0.1, 0.15) is 5.41 Å². The summed E-state index contributed by atoms with van der Waals surface area (Å²) in [5.74, 6) is -1.07. The maximum Gasteiger partial charge on any atom is 0.313 e. The Balaban J connectivity index is 1.52. The minimum Gasteiger partial charge on any atom is -0.481 e. The molecule has 4 rings (SSSR count). The first-order valence-electron chi connectivity index (χ1n) is 8.40. The Bertz CT molecular complexity index is 739. The Morgan fingerprint density at radius 2 is 1.88 bits per heavy atom. The van der Waals surface area contributed by atoms with Gasteiger partial charge in [-0.25, -0.2) is 0 Å². The summed E-state index contributed by atoms with van der Waals surface area (Å²) < 4.78 is 10.2. The lowest BCUT2D eigenvalue weighted by molar-refractivity contribution is -0.149. The van der Waals surface area contributed by atoms with Gasteiger partial charge in [0.2, 0.25) is 5.91 Å². The highest BCUT2D eigenvalue weighted by Gasteiger charge is 2.60. The minimum absolute atomic E-state index is 0.0590. The number of hydrogen-bond acceptors (Lipinski definition) is 5. The number of carbonyl (C=O) groups is 3. The lowest BCUT2D eigenvalue weighted by atomic mass is 9.81. The number of likely N-dealkylation sites (tertiary alicyclic amines) is 2. The standard InChI is InChI=1S/C17H20N2O6/c1-24-13-5-4-12(25-13)15(21)19-7-11-6-18(14(20)10-2-3-10)8-17(11,9-19)16(22)23/h4-5,10-11H,2-3,6-9H2,1H3,(H,22,23)/t11-,17-/m1/s1. The molecule has 1 aromatic rings. The first-order chi connectivity index (χ1) is 11.9. The SMILES string of the molecule is COc1ccc(C(=O)N2C[C@H]3CN(C(=O)C4CC4)C[C@@]3(C(=O)O)C2)o1. The highest BCUT2D eigenvalue weighted by Crippen LogP contribution is 2.45. The quantitative estimate of drug-likeness (QED) is 0.859. The number of rotatable bonds is 4. The van der Waals surface area contributed by atoms with E-state index in [1.54, 1.807) is 11.0 Å². The van der Waals surface area contributed by atoms with Crippen LogP contribution in [-0.2, 0) is 9.59 Å². The van der Waals surface area contributed by atoms with Crippen LogP contribution in [0.3, 0.4) is 0 Å². The second-order valence-electron chi connectivity index (χ2n) is 7.16. The van der Waals surface area contributed by atoms with E-state index in [4.69, 9.17) is 9.15 Å². The second-order valence-corrected chi connectivity index (χ2v) is 7.16. The van der Waals surface area contributed by atoms with E-state index in [2.05, 4.69) is 0 Å². The molecule has 0 radical (unpaired) electrons. The average molecular weight is 348 g/mol. The Morgan fingerprint density at radius 1 is 1.20 bits per heavy atom. The number of amides is 2. The van der Waals surface area contributed by atoms with Crippen molar-refractivity contribution in [1.82, 2.24) is 9.80 Å². The van der Waals surface area contributed by atoms with Gasteiger partial charge in [0.25, 0.3) is 11.9 Å². The van der Waals surface area contributed by atoms with E-state index in [1.807, 2.05) is 0 Å². The van der Waals surface area contributed by atoms with E-state index in [9.17, 15) is 19.5 Å². The fourth-order valence-electron chi connectivity index (χ4n) is 3.98. The summed E-state index contributed by atoms with van der Waals surface area (Å²) in [5.41, 5.74) is -1.09. The van der Waals surface area contributed by atoms with Gasteiger partial charge in [0.05, 0.1) is 7.11 Å². The molecule has 2 atom stereocenters. The maximum absolute atomic E-state index is 12.6. The molecular formula is C17H20N2O6. The molecule has 1 aliphatic carbocycles. The van der Waals surface area contributed by atoms with Crippen molar-refractivity contribution in [3.8, 4) is 5.95 Å². The lowest BCUT2D eigenvalue weighted by Gasteiger charge is -2.25. The molecule has 134 valence electrons. The third-order valence-corrected chi connectivity index (χ3v) is 5.55. The molecule has 1 aromatic heterocycles. The van der Waals surface area contributed by atoms with E-state index < -0.39 is 11.4 Å². The molecule has 0 aromatic carbocycles. The van der Waals surface area contributed by atoms with Gasteiger partial charge in [-0.05, 0) is 18.9 Å². The monoisotopic (exact) mass is 348 g/mol. The number of hydrogen-bond donors (Lipinski definition) is 1. The molecule has 2 aliphatic heterocycles. The predicted octanol–water partition coefficient (Wildman–Crippen LogP) is 0.683. The van der Waals surface area contributed by atoms with Crippen LogP contribution >= 0.6 is 0 Å². The van der Waals surface area contributed by atoms with Crippen LogP contribution < -0.4 is 4.74 Å². The van der Waals surface area contributed by atoms with Crippen molar-refractivity contribution in [2.24, 2.45) is 17.3 Å². The van der Waals surface area contributed by atoms with E-state index in [-0.39, 0.29) is 48.4 Å². The van der Waals surface area contributed by atoms with Crippen LogP contribution in [0.5, 0.6) is 5.95 Å². The molecule has 2 amide bonds. The summed E-state index contributed by atoms with van der Waals surface area (Å²) in [4.78, 5) is 40.1. The highest BCUT2D eigenvalue weighted by atomic mass is 16.6. The number of fused-ring (bicyclic) bond motifs is 1. The fraction of sp³-hybridized carbons (Fsp3) is 0.588. The van der Waals surface area contributed by atoms with Crippen LogP contribution in [0.2, 0.25) is 0 Å². The molecule has 1 N–H and O–H groups in total. The Kier molecular flexibility index (Phi) is 3.52. The first-order valence-corrected chi connectivity index (χ1v) is 8.40. The number of furan rings is 1. The van der Waals surface area contributed by atoms with Crippen molar-refractivity contribution in [2.45, 2.75) is 12.8 Å². The van der Waals surface area contributed by atoms with Crippen molar-refractivity contribution < 1.29 is 28.6 Å². The van der Waals surface area contributed by atoms with E-state index in [0.29, 0.717) is 13.1 Å². The molecule has 3 aliphatic rings. The molecule has 8 nitrogen and oxygen atoms in total. The van der Waals surface area contributed by atoms with Gasteiger partial charge in [0, 0.05) is 44.1 Å². The second kappa shape index (κ2) is 5.50. The van der Waals surface area contributed by atoms with E-state index in [0.717, 1.165) is 12.8 Å². The molecular weight excluding hydrogens is 328 g/mol. The van der Waals surface area contributed by atoms with E-state index >= 15 is 0 Å².